The van der Waals surface area contributed by atoms with Gasteiger partial charge in [-0.1, -0.05) is 44.2 Å². The van der Waals surface area contributed by atoms with Crippen molar-refractivity contribution in [1.82, 2.24) is 20.9 Å². The van der Waals surface area contributed by atoms with Gasteiger partial charge in [-0.3, -0.25) is 14.4 Å². The second kappa shape index (κ2) is 13.8. The van der Waals surface area contributed by atoms with Crippen molar-refractivity contribution < 1.29 is 34.5 Å². The zero-order valence-electron chi connectivity index (χ0n) is 23.1. The van der Waals surface area contributed by atoms with Crippen molar-refractivity contribution in [2.24, 2.45) is 11.7 Å². The third-order valence-corrected chi connectivity index (χ3v) is 6.75. The van der Waals surface area contributed by atoms with Gasteiger partial charge < -0.3 is 42.0 Å². The average molecular weight is 568 g/mol. The highest BCUT2D eigenvalue weighted by Crippen LogP contribution is 2.19. The molecule has 5 unspecified atom stereocenters. The van der Waals surface area contributed by atoms with Crippen molar-refractivity contribution in [2.75, 3.05) is 0 Å². The number of carboxylic acids is 1. The van der Waals surface area contributed by atoms with Crippen molar-refractivity contribution in [3.8, 4) is 5.75 Å². The summed E-state index contributed by atoms with van der Waals surface area (Å²) >= 11 is 0. The Morgan fingerprint density at radius 3 is 2.07 bits per heavy atom. The number of rotatable bonds is 13. The maximum Gasteiger partial charge on any atom is 0.326 e. The Balaban J connectivity index is 1.66. The lowest BCUT2D eigenvalue weighted by atomic mass is 10.00. The molecule has 5 atom stereocenters. The summed E-state index contributed by atoms with van der Waals surface area (Å²) in [6, 6.07) is 8.49. The number of nitrogens with one attached hydrogen (secondary N) is 4. The van der Waals surface area contributed by atoms with Crippen LogP contribution in [-0.2, 0) is 32.0 Å². The Hall–Kier alpha value is -4.42. The fourth-order valence-electron chi connectivity index (χ4n) is 4.40. The van der Waals surface area contributed by atoms with Crippen LogP contribution in [0, 0.1) is 5.92 Å². The zero-order valence-corrected chi connectivity index (χ0v) is 23.1. The fourth-order valence-corrected chi connectivity index (χ4v) is 4.40. The second-order valence-electron chi connectivity index (χ2n) is 10.4. The highest BCUT2D eigenvalue weighted by Gasteiger charge is 2.34. The van der Waals surface area contributed by atoms with Crippen LogP contribution in [0.2, 0.25) is 0 Å². The van der Waals surface area contributed by atoms with Gasteiger partial charge in [-0.2, -0.15) is 0 Å². The number of aromatic nitrogens is 1. The van der Waals surface area contributed by atoms with Gasteiger partial charge in [0.05, 0.1) is 12.1 Å². The van der Waals surface area contributed by atoms with Crippen molar-refractivity contribution in [2.45, 2.75) is 63.9 Å². The predicted octanol–water partition coefficient (Wildman–Crippen LogP) is 0.562. The SMILES string of the molecule is CC(C)C(NC(=O)C(N)Cc1c[nH]c2ccccc12)C(=O)NC(C(=O)NC(Cc1ccc(O)cc1)C(=O)O)C(C)O. The number of benzene rings is 2. The molecule has 9 N–H and O–H groups in total. The molecule has 220 valence electrons. The van der Waals surface area contributed by atoms with Crippen LogP contribution < -0.4 is 21.7 Å². The van der Waals surface area contributed by atoms with Crippen molar-refractivity contribution in [3.63, 3.8) is 0 Å². The molecule has 0 aliphatic carbocycles. The van der Waals surface area contributed by atoms with Crippen molar-refractivity contribution >= 4 is 34.6 Å². The van der Waals surface area contributed by atoms with E-state index in [0.29, 0.717) is 5.56 Å². The van der Waals surface area contributed by atoms with Crippen LogP contribution in [0.1, 0.15) is 31.9 Å². The molecule has 0 fully saturated rings. The number of aromatic amines is 1. The number of hydrogen-bond acceptors (Lipinski definition) is 7. The molecule has 1 heterocycles. The van der Waals surface area contributed by atoms with Crippen molar-refractivity contribution in [3.05, 3.63) is 65.9 Å². The molecule has 3 rings (SSSR count). The van der Waals surface area contributed by atoms with Gasteiger partial charge in [-0.15, -0.1) is 0 Å². The van der Waals surface area contributed by atoms with Crippen LogP contribution in [0.4, 0.5) is 0 Å². The number of aromatic hydroxyl groups is 1. The first-order valence-corrected chi connectivity index (χ1v) is 13.3. The lowest BCUT2D eigenvalue weighted by molar-refractivity contribution is -0.143. The van der Waals surface area contributed by atoms with E-state index in [2.05, 4.69) is 20.9 Å². The smallest absolute Gasteiger partial charge is 0.326 e. The van der Waals surface area contributed by atoms with E-state index >= 15 is 0 Å². The third-order valence-electron chi connectivity index (χ3n) is 6.75. The van der Waals surface area contributed by atoms with Gasteiger partial charge in [0.1, 0.15) is 23.9 Å². The number of hydrogen-bond donors (Lipinski definition) is 8. The largest absolute Gasteiger partial charge is 0.508 e. The molecule has 0 radical (unpaired) electrons. The number of aliphatic carboxylic acids is 1. The second-order valence-corrected chi connectivity index (χ2v) is 10.4. The van der Waals surface area contributed by atoms with Gasteiger partial charge in [-0.25, -0.2) is 4.79 Å². The molecule has 0 bridgehead atoms. The number of carbonyl (C=O) groups is 4. The summed E-state index contributed by atoms with van der Waals surface area (Å²) in [6.07, 6.45) is 0.525. The monoisotopic (exact) mass is 567 g/mol. The number of para-hydroxylation sites is 1. The van der Waals surface area contributed by atoms with Gasteiger partial charge in [0.2, 0.25) is 17.7 Å². The van der Waals surface area contributed by atoms with Crippen LogP contribution in [-0.4, -0.2) is 74.3 Å². The van der Waals surface area contributed by atoms with Gasteiger partial charge >= 0.3 is 5.97 Å². The molecule has 41 heavy (non-hydrogen) atoms. The maximum atomic E-state index is 13.2. The molecule has 12 nitrogen and oxygen atoms in total. The van der Waals surface area contributed by atoms with E-state index in [1.54, 1.807) is 20.0 Å². The number of nitrogens with two attached hydrogens (primary N) is 1. The molecule has 1 aromatic heterocycles. The van der Waals surface area contributed by atoms with Crippen molar-refractivity contribution in [1.29, 1.82) is 0 Å². The normalized spacial score (nSPS) is 15.0. The number of H-pyrrole nitrogens is 1. The fraction of sp³-hybridized carbons (Fsp3) is 0.379. The Morgan fingerprint density at radius 2 is 1.46 bits per heavy atom. The van der Waals surface area contributed by atoms with E-state index in [1.165, 1.54) is 31.2 Å². The zero-order chi connectivity index (χ0) is 30.3. The summed E-state index contributed by atoms with van der Waals surface area (Å²) in [6.45, 7) is 4.68. The Morgan fingerprint density at radius 1 is 0.854 bits per heavy atom. The van der Waals surface area contributed by atoms with E-state index in [1.807, 2.05) is 24.3 Å². The number of aliphatic hydroxyl groups excluding tert-OH is 1. The molecule has 0 spiro atoms. The minimum Gasteiger partial charge on any atom is -0.508 e. The molecule has 0 saturated heterocycles. The number of phenols is 1. The summed E-state index contributed by atoms with van der Waals surface area (Å²) in [7, 11) is 0. The molecular formula is C29H37N5O7. The van der Waals surface area contributed by atoms with Gasteiger partial charge in [0.15, 0.2) is 0 Å². The molecule has 0 aliphatic rings. The van der Waals surface area contributed by atoms with E-state index in [0.717, 1.165) is 16.5 Å². The summed E-state index contributed by atoms with van der Waals surface area (Å²) in [4.78, 5) is 54.1. The summed E-state index contributed by atoms with van der Waals surface area (Å²) in [5, 5.41) is 37.7. The van der Waals surface area contributed by atoms with Crippen LogP contribution in [0.5, 0.6) is 5.75 Å². The molecule has 0 aliphatic heterocycles. The average Bonchev–Trinajstić information content (AvgIpc) is 3.32. The Kier molecular flexibility index (Phi) is 10.5. The Labute approximate surface area is 237 Å². The molecule has 2 aromatic carbocycles. The Bertz CT molecular complexity index is 1370. The maximum absolute atomic E-state index is 13.2. The highest BCUT2D eigenvalue weighted by molar-refractivity contribution is 5.95. The van der Waals surface area contributed by atoms with Gasteiger partial charge in [-0.05, 0) is 48.6 Å². The first-order chi connectivity index (χ1) is 19.4. The number of phenolic OH excluding ortho intramolecular Hbond substituents is 1. The molecular weight excluding hydrogens is 530 g/mol. The van der Waals surface area contributed by atoms with Gasteiger partial charge in [0, 0.05) is 23.5 Å². The number of aliphatic hydroxyl groups is 1. The standard InChI is InChI=1S/C29H37N5O7/c1-15(2)24(33-26(37)21(30)13-18-14-31-22-7-5-4-6-20(18)22)27(38)34-25(16(3)35)28(39)32-23(29(40)41)12-17-8-10-19(36)11-9-17/h4-11,14-16,21,23-25,31,35-36H,12-13,30H2,1-3H3,(H,32,39)(H,33,37)(H,34,38)(H,40,41). The first kappa shape index (κ1) is 31.1. The third kappa shape index (κ3) is 8.29. The van der Waals surface area contributed by atoms with Crippen LogP contribution in [0.3, 0.4) is 0 Å². The number of carbonyl (C=O) groups excluding carboxylic acids is 3. The minimum absolute atomic E-state index is 0.00672. The summed E-state index contributed by atoms with van der Waals surface area (Å²) in [5.74, 6) is -3.94. The minimum atomic E-state index is -1.50. The first-order valence-electron chi connectivity index (χ1n) is 13.3. The number of fused-ring (bicyclic) bond motifs is 1. The molecule has 12 heteroatoms. The van der Waals surface area contributed by atoms with Crippen LogP contribution in [0.15, 0.2) is 54.7 Å². The summed E-state index contributed by atoms with van der Waals surface area (Å²) < 4.78 is 0. The van der Waals surface area contributed by atoms with Gasteiger partial charge in [0.25, 0.3) is 0 Å². The number of carboxylic acid groups (broad SMARTS) is 1. The van der Waals surface area contributed by atoms with E-state index in [9.17, 15) is 34.5 Å². The number of amides is 3. The quantitative estimate of drug-likeness (QED) is 0.146. The van der Waals surface area contributed by atoms with E-state index < -0.39 is 59.9 Å². The van der Waals surface area contributed by atoms with Crippen LogP contribution in [0.25, 0.3) is 10.9 Å². The lowest BCUT2D eigenvalue weighted by Crippen LogP contribution is -2.61. The highest BCUT2D eigenvalue weighted by atomic mass is 16.4. The predicted molar refractivity (Wildman–Crippen MR) is 152 cm³/mol. The van der Waals surface area contributed by atoms with E-state index in [-0.39, 0.29) is 18.6 Å². The lowest BCUT2D eigenvalue weighted by Gasteiger charge is -2.28. The molecule has 0 saturated carbocycles. The van der Waals surface area contributed by atoms with E-state index in [4.69, 9.17) is 5.73 Å². The molecule has 3 aromatic rings. The topological polar surface area (TPSA) is 207 Å². The van der Waals surface area contributed by atoms with Crippen LogP contribution >= 0.6 is 0 Å². The summed E-state index contributed by atoms with van der Waals surface area (Å²) in [5.41, 5.74) is 8.47. The molecule has 3 amide bonds.